The SMILES string of the molecule is COC(=O)C(c1ccccc1)N1C(=O)/C(=C2/C(=O)N(C)c3ccccc32)SC1=S. The van der Waals surface area contributed by atoms with Gasteiger partial charge in [-0.15, -0.1) is 0 Å². The van der Waals surface area contributed by atoms with E-state index in [-0.39, 0.29) is 15.1 Å². The molecule has 8 heteroatoms. The number of methoxy groups -OCH3 is 1. The first-order valence-corrected chi connectivity index (χ1v) is 9.98. The topological polar surface area (TPSA) is 66.9 Å². The van der Waals surface area contributed by atoms with Crippen LogP contribution in [0.25, 0.3) is 5.57 Å². The summed E-state index contributed by atoms with van der Waals surface area (Å²) in [5.41, 5.74) is 2.29. The summed E-state index contributed by atoms with van der Waals surface area (Å²) in [5, 5.41) is 0. The second-order valence-electron chi connectivity index (χ2n) is 6.46. The van der Waals surface area contributed by atoms with Gasteiger partial charge in [-0.25, -0.2) is 4.79 Å². The monoisotopic (exact) mass is 424 g/mol. The van der Waals surface area contributed by atoms with Crippen LogP contribution in [0.2, 0.25) is 0 Å². The van der Waals surface area contributed by atoms with E-state index in [0.29, 0.717) is 16.7 Å². The number of carbonyl (C=O) groups is 3. The normalized spacial score (nSPS) is 19.6. The standard InChI is InChI=1S/C21H16N2O4S2/c1-22-14-11-7-6-10-13(14)15(18(22)24)17-19(25)23(21(28)29-17)16(20(26)27-2)12-8-4-3-5-9-12/h3-11,16H,1-2H3/b17-15-. The lowest BCUT2D eigenvalue weighted by atomic mass is 10.0. The fourth-order valence-electron chi connectivity index (χ4n) is 3.48. The minimum absolute atomic E-state index is 0.205. The predicted molar refractivity (Wildman–Crippen MR) is 115 cm³/mol. The van der Waals surface area contributed by atoms with E-state index < -0.39 is 17.9 Å². The molecule has 1 saturated heterocycles. The fraction of sp³-hybridized carbons (Fsp3) is 0.143. The summed E-state index contributed by atoms with van der Waals surface area (Å²) >= 11 is 6.47. The van der Waals surface area contributed by atoms with Crippen LogP contribution in [0.15, 0.2) is 59.5 Å². The van der Waals surface area contributed by atoms with Crippen molar-refractivity contribution in [1.82, 2.24) is 4.90 Å². The second-order valence-corrected chi connectivity index (χ2v) is 8.11. The number of fused-ring (bicyclic) bond motifs is 1. The first-order valence-electron chi connectivity index (χ1n) is 8.75. The van der Waals surface area contributed by atoms with Crippen molar-refractivity contribution < 1.29 is 19.1 Å². The van der Waals surface area contributed by atoms with Gasteiger partial charge in [0.2, 0.25) is 0 Å². The lowest BCUT2D eigenvalue weighted by Gasteiger charge is -2.24. The molecule has 2 aliphatic heterocycles. The van der Waals surface area contributed by atoms with Gasteiger partial charge in [0.15, 0.2) is 6.04 Å². The van der Waals surface area contributed by atoms with Crippen molar-refractivity contribution in [2.75, 3.05) is 19.1 Å². The molecule has 0 aliphatic carbocycles. The second kappa shape index (κ2) is 7.46. The van der Waals surface area contributed by atoms with Gasteiger partial charge in [0.05, 0.1) is 23.3 Å². The number of ether oxygens (including phenoxy) is 1. The summed E-state index contributed by atoms with van der Waals surface area (Å²) in [6, 6.07) is 15.1. The number of amides is 2. The Hall–Kier alpha value is -2.97. The number of hydrogen-bond donors (Lipinski definition) is 0. The molecule has 1 fully saturated rings. The van der Waals surface area contributed by atoms with E-state index in [1.54, 1.807) is 37.4 Å². The summed E-state index contributed by atoms with van der Waals surface area (Å²) in [7, 11) is 2.93. The van der Waals surface area contributed by atoms with Crippen molar-refractivity contribution in [2.45, 2.75) is 6.04 Å². The number of hydrogen-bond acceptors (Lipinski definition) is 6. The smallest absolute Gasteiger partial charge is 0.333 e. The number of rotatable bonds is 3. The van der Waals surface area contributed by atoms with Gasteiger partial charge in [-0.1, -0.05) is 72.5 Å². The Balaban J connectivity index is 1.83. The fourth-order valence-corrected chi connectivity index (χ4v) is 4.86. The predicted octanol–water partition coefficient (Wildman–Crippen LogP) is 3.15. The Morgan fingerprint density at radius 2 is 1.69 bits per heavy atom. The summed E-state index contributed by atoms with van der Waals surface area (Å²) in [4.78, 5) is 41.8. The number of carbonyl (C=O) groups excluding carboxylic acids is 3. The van der Waals surface area contributed by atoms with Gasteiger partial charge >= 0.3 is 5.97 Å². The maximum atomic E-state index is 13.4. The van der Waals surface area contributed by atoms with Crippen molar-refractivity contribution in [3.63, 3.8) is 0 Å². The van der Waals surface area contributed by atoms with E-state index in [2.05, 4.69) is 0 Å². The third kappa shape index (κ3) is 3.04. The molecule has 2 aliphatic rings. The molecule has 1 atom stereocenters. The zero-order valence-electron chi connectivity index (χ0n) is 15.6. The van der Waals surface area contributed by atoms with Crippen LogP contribution in [0.4, 0.5) is 5.69 Å². The molecule has 2 amide bonds. The Morgan fingerprint density at radius 3 is 2.38 bits per heavy atom. The van der Waals surface area contributed by atoms with Gasteiger partial charge < -0.3 is 9.64 Å². The van der Waals surface area contributed by atoms with E-state index in [9.17, 15) is 14.4 Å². The number of thioether (sulfide) groups is 1. The molecule has 0 N–H and O–H groups in total. The van der Waals surface area contributed by atoms with Gasteiger partial charge in [0.25, 0.3) is 11.8 Å². The molecule has 146 valence electrons. The number of anilines is 1. The lowest BCUT2D eigenvalue weighted by molar-refractivity contribution is -0.148. The number of para-hydroxylation sites is 1. The van der Waals surface area contributed by atoms with Crippen LogP contribution in [0.5, 0.6) is 0 Å². The highest BCUT2D eigenvalue weighted by molar-refractivity contribution is 8.26. The molecule has 0 spiro atoms. The van der Waals surface area contributed by atoms with E-state index >= 15 is 0 Å². The van der Waals surface area contributed by atoms with Gasteiger partial charge in [0.1, 0.15) is 4.32 Å². The third-order valence-corrected chi connectivity index (χ3v) is 6.28. The number of likely N-dealkylation sites (N-methyl/N-ethyl adjacent to an activating group) is 1. The number of nitrogens with zero attached hydrogens (tertiary/aromatic N) is 2. The molecule has 0 radical (unpaired) electrons. The minimum atomic E-state index is -1.02. The van der Waals surface area contributed by atoms with Crippen LogP contribution < -0.4 is 4.90 Å². The van der Waals surface area contributed by atoms with E-state index in [0.717, 1.165) is 17.4 Å². The molecule has 0 aromatic heterocycles. The molecular formula is C21H16N2O4S2. The highest BCUT2D eigenvalue weighted by atomic mass is 32.2. The van der Waals surface area contributed by atoms with Crippen molar-refractivity contribution in [3.05, 3.63) is 70.6 Å². The summed E-state index contributed by atoms with van der Waals surface area (Å²) in [6.07, 6.45) is 0. The largest absolute Gasteiger partial charge is 0.467 e. The molecular weight excluding hydrogens is 408 g/mol. The minimum Gasteiger partial charge on any atom is -0.467 e. The number of benzene rings is 2. The zero-order valence-corrected chi connectivity index (χ0v) is 17.3. The van der Waals surface area contributed by atoms with Crippen LogP contribution in [0.3, 0.4) is 0 Å². The highest BCUT2D eigenvalue weighted by Gasteiger charge is 2.46. The number of esters is 1. The molecule has 2 aromatic carbocycles. The van der Waals surface area contributed by atoms with Crippen molar-refractivity contribution in [1.29, 1.82) is 0 Å². The van der Waals surface area contributed by atoms with Crippen LogP contribution in [0.1, 0.15) is 17.2 Å². The first kappa shape index (κ1) is 19.4. The summed E-state index contributed by atoms with van der Waals surface area (Å²) in [6.45, 7) is 0. The Kier molecular flexibility index (Phi) is 4.97. The van der Waals surface area contributed by atoms with Gasteiger partial charge in [-0.05, 0) is 11.6 Å². The van der Waals surface area contributed by atoms with E-state index in [1.807, 2.05) is 24.3 Å². The third-order valence-electron chi connectivity index (χ3n) is 4.88. The van der Waals surface area contributed by atoms with Crippen molar-refractivity contribution >= 4 is 57.3 Å². The summed E-state index contributed by atoms with van der Waals surface area (Å²) < 4.78 is 5.14. The maximum absolute atomic E-state index is 13.4. The zero-order chi connectivity index (χ0) is 20.7. The van der Waals surface area contributed by atoms with Gasteiger partial charge in [-0.2, -0.15) is 0 Å². The van der Waals surface area contributed by atoms with Crippen LogP contribution in [0, 0.1) is 0 Å². The van der Waals surface area contributed by atoms with E-state index in [1.165, 1.54) is 16.9 Å². The van der Waals surface area contributed by atoms with E-state index in [4.69, 9.17) is 17.0 Å². The maximum Gasteiger partial charge on any atom is 0.333 e. The Morgan fingerprint density at radius 1 is 1.03 bits per heavy atom. The molecule has 2 heterocycles. The van der Waals surface area contributed by atoms with Crippen molar-refractivity contribution in [2.24, 2.45) is 0 Å². The average molecular weight is 425 g/mol. The first-order chi connectivity index (χ1) is 14.0. The highest BCUT2D eigenvalue weighted by Crippen LogP contribution is 2.46. The van der Waals surface area contributed by atoms with Crippen LogP contribution in [-0.4, -0.2) is 41.2 Å². The average Bonchev–Trinajstić information content (AvgIpc) is 3.16. The number of thiocarbonyl (C=S) groups is 1. The molecule has 0 bridgehead atoms. The molecule has 4 rings (SSSR count). The summed E-state index contributed by atoms with van der Waals surface area (Å²) in [5.74, 6) is -1.36. The van der Waals surface area contributed by atoms with Crippen molar-refractivity contribution in [3.8, 4) is 0 Å². The van der Waals surface area contributed by atoms with Crippen LogP contribution >= 0.6 is 24.0 Å². The Bertz CT molecular complexity index is 1080. The molecule has 0 saturated carbocycles. The van der Waals surface area contributed by atoms with Gasteiger partial charge in [-0.3, -0.25) is 14.5 Å². The lowest BCUT2D eigenvalue weighted by Crippen LogP contribution is -2.38. The van der Waals surface area contributed by atoms with Gasteiger partial charge in [0, 0.05) is 12.6 Å². The molecule has 6 nitrogen and oxygen atoms in total. The molecule has 2 aromatic rings. The molecule has 1 unspecified atom stereocenters. The Labute approximate surface area is 177 Å². The quantitative estimate of drug-likeness (QED) is 0.428. The molecule has 29 heavy (non-hydrogen) atoms. The van der Waals surface area contributed by atoms with Crippen LogP contribution in [-0.2, 0) is 19.1 Å².